The zero-order valence-corrected chi connectivity index (χ0v) is 7.00. The number of ether oxygens (including phenoxy) is 2. The fourth-order valence-electron chi connectivity index (χ4n) is 0.562. The van der Waals surface area contributed by atoms with Crippen molar-refractivity contribution in [1.82, 2.24) is 0 Å². The van der Waals surface area contributed by atoms with E-state index in [0.29, 0.717) is 6.61 Å². The summed E-state index contributed by atoms with van der Waals surface area (Å²) in [5, 5.41) is 0. The third-order valence-electron chi connectivity index (χ3n) is 1.22. The SMILES string of the molecule is C=CCCO[C@@H](C)C(=O)OC. The molecule has 0 amide bonds. The molecule has 0 aliphatic rings. The molecular weight excluding hydrogens is 144 g/mol. The summed E-state index contributed by atoms with van der Waals surface area (Å²) in [4.78, 5) is 10.7. The molecule has 0 N–H and O–H groups in total. The van der Waals surface area contributed by atoms with Gasteiger partial charge in [0.05, 0.1) is 13.7 Å². The summed E-state index contributed by atoms with van der Waals surface area (Å²) in [6.45, 7) is 5.70. The number of esters is 1. The molecule has 0 aromatic rings. The highest BCUT2D eigenvalue weighted by Crippen LogP contribution is 1.94. The lowest BCUT2D eigenvalue weighted by Crippen LogP contribution is -2.22. The van der Waals surface area contributed by atoms with Crippen molar-refractivity contribution in [3.63, 3.8) is 0 Å². The largest absolute Gasteiger partial charge is 0.467 e. The Balaban J connectivity index is 3.43. The van der Waals surface area contributed by atoms with Crippen molar-refractivity contribution in [1.29, 1.82) is 0 Å². The second-order valence-electron chi connectivity index (χ2n) is 2.11. The molecule has 3 heteroatoms. The van der Waals surface area contributed by atoms with Crippen LogP contribution < -0.4 is 0 Å². The van der Waals surface area contributed by atoms with Gasteiger partial charge in [-0.1, -0.05) is 6.08 Å². The molecule has 0 aromatic heterocycles. The second-order valence-corrected chi connectivity index (χ2v) is 2.11. The lowest BCUT2D eigenvalue weighted by atomic mass is 10.4. The molecule has 0 radical (unpaired) electrons. The van der Waals surface area contributed by atoms with Gasteiger partial charge in [-0.25, -0.2) is 4.79 Å². The predicted octanol–water partition coefficient (Wildman–Crippen LogP) is 1.14. The lowest BCUT2D eigenvalue weighted by Gasteiger charge is -2.08. The summed E-state index contributed by atoms with van der Waals surface area (Å²) in [6, 6.07) is 0. The van der Waals surface area contributed by atoms with E-state index in [1.807, 2.05) is 0 Å². The number of methoxy groups -OCH3 is 1. The lowest BCUT2D eigenvalue weighted by molar-refractivity contribution is -0.152. The second kappa shape index (κ2) is 5.92. The minimum Gasteiger partial charge on any atom is -0.467 e. The van der Waals surface area contributed by atoms with E-state index in [4.69, 9.17) is 4.74 Å². The van der Waals surface area contributed by atoms with E-state index in [1.165, 1.54) is 7.11 Å². The van der Waals surface area contributed by atoms with Crippen molar-refractivity contribution in [2.75, 3.05) is 13.7 Å². The van der Waals surface area contributed by atoms with Crippen LogP contribution in [0.1, 0.15) is 13.3 Å². The van der Waals surface area contributed by atoms with Gasteiger partial charge in [0, 0.05) is 0 Å². The summed E-state index contributed by atoms with van der Waals surface area (Å²) in [6.07, 6.45) is 2.02. The minimum atomic E-state index is -0.472. The van der Waals surface area contributed by atoms with E-state index < -0.39 is 6.10 Å². The number of carbonyl (C=O) groups excluding carboxylic acids is 1. The van der Waals surface area contributed by atoms with Gasteiger partial charge in [-0.2, -0.15) is 0 Å². The predicted molar refractivity (Wildman–Crippen MR) is 42.2 cm³/mol. The van der Waals surface area contributed by atoms with Gasteiger partial charge in [-0.3, -0.25) is 0 Å². The van der Waals surface area contributed by atoms with Crippen molar-refractivity contribution in [3.8, 4) is 0 Å². The smallest absolute Gasteiger partial charge is 0.334 e. The fourth-order valence-corrected chi connectivity index (χ4v) is 0.562. The molecule has 3 nitrogen and oxygen atoms in total. The summed E-state index contributed by atoms with van der Waals surface area (Å²) in [5.41, 5.74) is 0. The number of hydrogen-bond acceptors (Lipinski definition) is 3. The molecule has 0 aliphatic heterocycles. The van der Waals surface area contributed by atoms with Gasteiger partial charge in [0.15, 0.2) is 6.10 Å². The third kappa shape index (κ3) is 4.56. The van der Waals surface area contributed by atoms with Crippen molar-refractivity contribution < 1.29 is 14.3 Å². The molecule has 0 saturated carbocycles. The van der Waals surface area contributed by atoms with Crippen LogP contribution in [-0.4, -0.2) is 25.8 Å². The zero-order chi connectivity index (χ0) is 8.69. The first-order valence-corrected chi connectivity index (χ1v) is 3.52. The van der Waals surface area contributed by atoms with Gasteiger partial charge in [0.25, 0.3) is 0 Å². The molecule has 0 bridgehead atoms. The first-order valence-electron chi connectivity index (χ1n) is 3.52. The molecule has 0 spiro atoms. The van der Waals surface area contributed by atoms with E-state index in [9.17, 15) is 4.79 Å². The standard InChI is InChI=1S/C8H14O3/c1-4-5-6-11-7(2)8(9)10-3/h4,7H,1,5-6H2,2-3H3/t7-/m0/s1. The summed E-state index contributed by atoms with van der Waals surface area (Å²) in [5.74, 6) is -0.339. The molecule has 0 rings (SSSR count). The number of hydrogen-bond donors (Lipinski definition) is 0. The number of carbonyl (C=O) groups is 1. The minimum absolute atomic E-state index is 0.339. The van der Waals surface area contributed by atoms with Crippen molar-refractivity contribution in [2.45, 2.75) is 19.4 Å². The van der Waals surface area contributed by atoms with Gasteiger partial charge in [-0.15, -0.1) is 6.58 Å². The van der Waals surface area contributed by atoms with Crippen LogP contribution in [0.15, 0.2) is 12.7 Å². The molecule has 0 saturated heterocycles. The van der Waals surface area contributed by atoms with E-state index in [1.54, 1.807) is 13.0 Å². The molecule has 0 aromatic carbocycles. The van der Waals surface area contributed by atoms with E-state index in [2.05, 4.69) is 11.3 Å². The van der Waals surface area contributed by atoms with Crippen molar-refractivity contribution in [2.24, 2.45) is 0 Å². The highest BCUT2D eigenvalue weighted by atomic mass is 16.6. The Bertz CT molecular complexity index is 131. The van der Waals surface area contributed by atoms with Gasteiger partial charge >= 0.3 is 5.97 Å². The van der Waals surface area contributed by atoms with Gasteiger partial charge in [-0.05, 0) is 13.3 Å². The summed E-state index contributed by atoms with van der Waals surface area (Å²) < 4.78 is 9.54. The van der Waals surface area contributed by atoms with Crippen LogP contribution >= 0.6 is 0 Å². The van der Waals surface area contributed by atoms with Crippen molar-refractivity contribution in [3.05, 3.63) is 12.7 Å². The van der Waals surface area contributed by atoms with E-state index >= 15 is 0 Å². The quantitative estimate of drug-likeness (QED) is 0.342. The summed E-state index contributed by atoms with van der Waals surface area (Å²) >= 11 is 0. The van der Waals surface area contributed by atoms with Gasteiger partial charge < -0.3 is 9.47 Å². The van der Waals surface area contributed by atoms with Gasteiger partial charge in [0.1, 0.15) is 0 Å². The summed E-state index contributed by atoms with van der Waals surface area (Å²) in [7, 11) is 1.34. The maximum atomic E-state index is 10.7. The van der Waals surface area contributed by atoms with Crippen LogP contribution in [-0.2, 0) is 14.3 Å². The third-order valence-corrected chi connectivity index (χ3v) is 1.22. The fraction of sp³-hybridized carbons (Fsp3) is 0.625. The Kier molecular flexibility index (Phi) is 5.47. The zero-order valence-electron chi connectivity index (χ0n) is 7.00. The first-order chi connectivity index (χ1) is 5.22. The Morgan fingerprint density at radius 1 is 1.73 bits per heavy atom. The molecule has 0 aliphatic carbocycles. The van der Waals surface area contributed by atoms with E-state index in [-0.39, 0.29) is 5.97 Å². The maximum absolute atomic E-state index is 10.7. The van der Waals surface area contributed by atoms with Crippen LogP contribution in [0, 0.1) is 0 Å². The van der Waals surface area contributed by atoms with Crippen LogP contribution in [0.25, 0.3) is 0 Å². The maximum Gasteiger partial charge on any atom is 0.334 e. The van der Waals surface area contributed by atoms with Crippen LogP contribution in [0.3, 0.4) is 0 Å². The van der Waals surface area contributed by atoms with Crippen LogP contribution in [0.5, 0.6) is 0 Å². The highest BCUT2D eigenvalue weighted by Gasteiger charge is 2.11. The van der Waals surface area contributed by atoms with Crippen LogP contribution in [0.4, 0.5) is 0 Å². The molecular formula is C8H14O3. The molecule has 64 valence electrons. The first kappa shape index (κ1) is 10.2. The van der Waals surface area contributed by atoms with E-state index in [0.717, 1.165) is 6.42 Å². The molecule has 11 heavy (non-hydrogen) atoms. The monoisotopic (exact) mass is 158 g/mol. The Labute approximate surface area is 67.0 Å². The Morgan fingerprint density at radius 3 is 2.82 bits per heavy atom. The van der Waals surface area contributed by atoms with Crippen LogP contribution in [0.2, 0.25) is 0 Å². The molecule has 0 heterocycles. The normalized spacial score (nSPS) is 12.2. The van der Waals surface area contributed by atoms with Crippen molar-refractivity contribution >= 4 is 5.97 Å². The average Bonchev–Trinajstić information content (AvgIpc) is 2.03. The Hall–Kier alpha value is -0.830. The topological polar surface area (TPSA) is 35.5 Å². The molecule has 0 fully saturated rings. The van der Waals surface area contributed by atoms with Gasteiger partial charge in [0.2, 0.25) is 0 Å². The molecule has 1 atom stereocenters. The Morgan fingerprint density at radius 2 is 2.36 bits per heavy atom. The molecule has 0 unspecified atom stereocenters. The average molecular weight is 158 g/mol. The highest BCUT2D eigenvalue weighted by molar-refractivity contribution is 5.73. The number of rotatable bonds is 5.